The zero-order valence-electron chi connectivity index (χ0n) is 32.1. The highest BCUT2D eigenvalue weighted by atomic mass is 16.5. The van der Waals surface area contributed by atoms with Crippen molar-refractivity contribution in [3.05, 3.63) is 198 Å². The van der Waals surface area contributed by atoms with Gasteiger partial charge in [0.25, 0.3) is 0 Å². The van der Waals surface area contributed by atoms with Crippen LogP contribution in [-0.2, 0) is 10.8 Å². The molecule has 0 N–H and O–H groups in total. The minimum Gasteiger partial charge on any atom is -0.456 e. The number of benzene rings is 8. The van der Waals surface area contributed by atoms with E-state index in [9.17, 15) is 0 Å². The summed E-state index contributed by atoms with van der Waals surface area (Å²) in [7, 11) is 0. The van der Waals surface area contributed by atoms with Gasteiger partial charge in [-0.15, -0.1) is 0 Å². The molecule has 3 aliphatic rings. The van der Waals surface area contributed by atoms with Gasteiger partial charge in [-0.3, -0.25) is 0 Å². The first-order valence-electron chi connectivity index (χ1n) is 19.7. The molecule has 1 aliphatic heterocycles. The second-order valence-corrected chi connectivity index (χ2v) is 16.5. The van der Waals surface area contributed by atoms with Crippen LogP contribution in [0.2, 0.25) is 0 Å². The fraction of sp³-hybridized carbons (Fsp3) is 0.111. The lowest BCUT2D eigenvalue weighted by atomic mass is 9.82. The predicted molar refractivity (Wildman–Crippen MR) is 233 cm³/mol. The molecule has 0 radical (unpaired) electrons. The Morgan fingerprint density at radius 2 is 0.750 bits per heavy atom. The van der Waals surface area contributed by atoms with Gasteiger partial charge in [0.15, 0.2) is 0 Å². The lowest BCUT2D eigenvalue weighted by molar-refractivity contribution is 0.488. The Hall–Kier alpha value is -6.64. The number of hydrogen-bond donors (Lipinski definition) is 0. The second-order valence-electron chi connectivity index (χ2n) is 16.5. The van der Waals surface area contributed by atoms with Gasteiger partial charge in [-0.05, 0) is 121 Å². The fourth-order valence-corrected chi connectivity index (χ4v) is 9.78. The number of anilines is 3. The predicted octanol–water partition coefficient (Wildman–Crippen LogP) is 14.9. The summed E-state index contributed by atoms with van der Waals surface area (Å²) < 4.78 is 6.85. The van der Waals surface area contributed by atoms with Crippen molar-refractivity contribution in [2.45, 2.75) is 38.5 Å². The van der Waals surface area contributed by atoms with E-state index in [1.165, 1.54) is 55.6 Å². The third-order valence-electron chi connectivity index (χ3n) is 12.7. The van der Waals surface area contributed by atoms with Crippen LogP contribution in [0.5, 0.6) is 11.5 Å². The number of rotatable bonds is 4. The van der Waals surface area contributed by atoms with Crippen molar-refractivity contribution in [1.82, 2.24) is 0 Å². The maximum Gasteiger partial charge on any atom is 0.135 e. The molecule has 268 valence electrons. The van der Waals surface area contributed by atoms with E-state index in [4.69, 9.17) is 4.74 Å². The molecular formula is C54H41NO. The molecule has 0 bridgehead atoms. The van der Waals surface area contributed by atoms with Gasteiger partial charge in [0, 0.05) is 39.0 Å². The average molecular weight is 720 g/mol. The van der Waals surface area contributed by atoms with Gasteiger partial charge < -0.3 is 9.64 Å². The van der Waals surface area contributed by atoms with Crippen molar-refractivity contribution < 1.29 is 4.74 Å². The van der Waals surface area contributed by atoms with Crippen molar-refractivity contribution in [2.75, 3.05) is 4.90 Å². The van der Waals surface area contributed by atoms with Crippen LogP contribution in [0.3, 0.4) is 0 Å². The first kappa shape index (κ1) is 32.8. The van der Waals surface area contributed by atoms with E-state index in [1.54, 1.807) is 0 Å². The fourth-order valence-electron chi connectivity index (χ4n) is 9.78. The van der Waals surface area contributed by atoms with Crippen molar-refractivity contribution >= 4 is 17.1 Å². The van der Waals surface area contributed by atoms with E-state index in [1.807, 2.05) is 0 Å². The van der Waals surface area contributed by atoms with Gasteiger partial charge in [-0.2, -0.15) is 0 Å². The van der Waals surface area contributed by atoms with Crippen LogP contribution in [0.4, 0.5) is 17.1 Å². The number of nitrogens with zero attached hydrogens (tertiary/aromatic N) is 1. The molecule has 0 spiro atoms. The minimum absolute atomic E-state index is 0.125. The quantitative estimate of drug-likeness (QED) is 0.180. The van der Waals surface area contributed by atoms with Gasteiger partial charge >= 0.3 is 0 Å². The smallest absolute Gasteiger partial charge is 0.135 e. The molecule has 0 fully saturated rings. The van der Waals surface area contributed by atoms with Crippen molar-refractivity contribution in [3.8, 4) is 67.1 Å². The van der Waals surface area contributed by atoms with Gasteiger partial charge in [-0.1, -0.05) is 149 Å². The molecule has 2 aliphatic carbocycles. The summed E-state index contributed by atoms with van der Waals surface area (Å²) in [5.41, 5.74) is 20.7. The maximum absolute atomic E-state index is 6.85. The van der Waals surface area contributed by atoms with Gasteiger partial charge in [0.1, 0.15) is 11.5 Å². The Labute approximate surface area is 329 Å². The Balaban J connectivity index is 1.10. The maximum atomic E-state index is 6.85. The lowest BCUT2D eigenvalue weighted by Gasteiger charge is -2.30. The van der Waals surface area contributed by atoms with Crippen LogP contribution in [0.25, 0.3) is 55.6 Å². The molecule has 0 atom stereocenters. The number of ether oxygens (including phenoxy) is 1. The zero-order chi connectivity index (χ0) is 37.8. The van der Waals surface area contributed by atoms with Crippen LogP contribution < -0.4 is 9.64 Å². The van der Waals surface area contributed by atoms with Crippen molar-refractivity contribution in [3.63, 3.8) is 0 Å². The SMILES string of the molecule is CC1(C)c2ccccc2-c2ccc(N(c3ccc4c(c3)-c3ccccc3-c3cc(-c5ccccc5)ccc3O4)c3ccc4c(c3)C(C)(C)c3ccccc3-4)cc21. The summed E-state index contributed by atoms with van der Waals surface area (Å²) in [6, 6.07) is 64.5. The molecule has 0 saturated heterocycles. The zero-order valence-corrected chi connectivity index (χ0v) is 32.1. The second kappa shape index (κ2) is 11.9. The molecule has 0 unspecified atom stereocenters. The van der Waals surface area contributed by atoms with Crippen LogP contribution in [0, 0.1) is 0 Å². The molecule has 56 heavy (non-hydrogen) atoms. The summed E-state index contributed by atoms with van der Waals surface area (Å²) in [6.07, 6.45) is 0. The van der Waals surface area contributed by atoms with Crippen LogP contribution >= 0.6 is 0 Å². The highest BCUT2D eigenvalue weighted by Crippen LogP contribution is 2.54. The molecular weight excluding hydrogens is 679 g/mol. The van der Waals surface area contributed by atoms with Crippen LogP contribution in [0.15, 0.2) is 176 Å². The first-order chi connectivity index (χ1) is 27.3. The third-order valence-corrected chi connectivity index (χ3v) is 12.7. The van der Waals surface area contributed by atoms with E-state index < -0.39 is 0 Å². The molecule has 8 aromatic carbocycles. The van der Waals surface area contributed by atoms with Gasteiger partial charge in [0.2, 0.25) is 0 Å². The van der Waals surface area contributed by atoms with E-state index in [0.717, 1.165) is 50.8 Å². The normalized spacial score (nSPS) is 14.5. The summed E-state index contributed by atoms with van der Waals surface area (Å²) in [4.78, 5) is 2.45. The number of hydrogen-bond acceptors (Lipinski definition) is 2. The van der Waals surface area contributed by atoms with E-state index in [-0.39, 0.29) is 10.8 Å². The summed E-state index contributed by atoms with van der Waals surface area (Å²) in [5.74, 6) is 1.71. The van der Waals surface area contributed by atoms with E-state index in [2.05, 4.69) is 209 Å². The third kappa shape index (κ3) is 4.75. The first-order valence-corrected chi connectivity index (χ1v) is 19.7. The Morgan fingerprint density at radius 1 is 0.321 bits per heavy atom. The highest BCUT2D eigenvalue weighted by molar-refractivity contribution is 5.95. The summed E-state index contributed by atoms with van der Waals surface area (Å²) in [6.45, 7) is 9.44. The summed E-state index contributed by atoms with van der Waals surface area (Å²) in [5, 5.41) is 0. The van der Waals surface area contributed by atoms with Crippen LogP contribution in [0.1, 0.15) is 49.9 Å². The Morgan fingerprint density at radius 3 is 1.32 bits per heavy atom. The Bertz CT molecular complexity index is 2790. The highest BCUT2D eigenvalue weighted by Gasteiger charge is 2.38. The molecule has 0 aromatic heterocycles. The molecule has 1 heterocycles. The minimum atomic E-state index is -0.125. The van der Waals surface area contributed by atoms with Crippen molar-refractivity contribution in [2.24, 2.45) is 0 Å². The molecule has 2 nitrogen and oxygen atoms in total. The monoisotopic (exact) mass is 719 g/mol. The molecule has 2 heteroatoms. The van der Waals surface area contributed by atoms with Gasteiger partial charge in [-0.25, -0.2) is 0 Å². The lowest BCUT2D eigenvalue weighted by Crippen LogP contribution is -2.18. The van der Waals surface area contributed by atoms with Crippen molar-refractivity contribution in [1.29, 1.82) is 0 Å². The molecule has 8 aromatic rings. The average Bonchev–Trinajstić information content (AvgIpc) is 3.54. The topological polar surface area (TPSA) is 12.5 Å². The number of fused-ring (bicyclic) bond motifs is 11. The Kier molecular flexibility index (Phi) is 6.98. The standard InChI is InChI=1S/C54H41NO/c1-53(2)47-20-12-10-18-41(47)43-26-23-37(32-49(43)53)55(38-24-27-44-42-19-11-13-21-48(42)54(3,4)50(44)33-38)36-25-29-52-46(31-36)40-17-9-8-16-39(40)45-30-35(22-28-51(45)56-52)34-14-6-5-7-15-34/h5-33H,1-4H3. The largest absolute Gasteiger partial charge is 0.456 e. The van der Waals surface area contributed by atoms with Crippen LogP contribution in [-0.4, -0.2) is 0 Å². The van der Waals surface area contributed by atoms with E-state index in [0.29, 0.717) is 0 Å². The molecule has 0 saturated carbocycles. The molecule has 0 amide bonds. The van der Waals surface area contributed by atoms with E-state index >= 15 is 0 Å². The van der Waals surface area contributed by atoms with Gasteiger partial charge in [0.05, 0.1) is 0 Å². The summed E-state index contributed by atoms with van der Waals surface area (Å²) >= 11 is 0. The molecule has 11 rings (SSSR count).